The van der Waals surface area contributed by atoms with E-state index in [2.05, 4.69) is 19.9 Å². The minimum absolute atomic E-state index is 0.0808. The molecule has 0 unspecified atom stereocenters. The summed E-state index contributed by atoms with van der Waals surface area (Å²) in [6.45, 7) is 0.0808. The SMILES string of the molecule is Cn1cnc(-c2nc(C(F)F)c(C(=O)N3CCc4[nH]cnc4[C@@H]3c3oc4ccccc4c3F)o2)c1. The number of H-pyrrole nitrogens is 1. The van der Waals surface area contributed by atoms with Crippen LogP contribution in [-0.2, 0) is 13.5 Å². The molecule has 1 atom stereocenters. The normalized spacial score (nSPS) is 15.8. The van der Waals surface area contributed by atoms with Crippen molar-refractivity contribution < 1.29 is 26.8 Å². The molecule has 0 fully saturated rings. The Labute approximate surface area is 195 Å². The fraction of sp³-hybridized carbons (Fsp3) is 0.217. The molecule has 1 aromatic carbocycles. The Kier molecular flexibility index (Phi) is 4.76. The molecule has 1 aliphatic rings. The highest BCUT2D eigenvalue weighted by Gasteiger charge is 2.42. The lowest BCUT2D eigenvalue weighted by Gasteiger charge is -2.33. The number of rotatable bonds is 4. The topological polar surface area (TPSA) is 106 Å². The Morgan fingerprint density at radius 3 is 2.80 bits per heavy atom. The maximum absolute atomic E-state index is 15.5. The van der Waals surface area contributed by atoms with Crippen molar-refractivity contribution >= 4 is 16.9 Å². The number of nitrogens with zero attached hydrogens (tertiary/aromatic N) is 5. The van der Waals surface area contributed by atoms with Crippen molar-refractivity contribution in [3.8, 4) is 11.6 Å². The summed E-state index contributed by atoms with van der Waals surface area (Å²) in [4.78, 5) is 30.0. The number of carbonyl (C=O) groups excluding carboxylic acids is 1. The Hall–Kier alpha value is -4.35. The number of aryl methyl sites for hydroxylation is 1. The van der Waals surface area contributed by atoms with Gasteiger partial charge in [0.2, 0.25) is 11.7 Å². The molecule has 5 aromatic rings. The molecule has 0 saturated carbocycles. The van der Waals surface area contributed by atoms with Gasteiger partial charge in [-0.25, -0.2) is 28.1 Å². The maximum atomic E-state index is 15.5. The molecule has 0 radical (unpaired) electrons. The van der Waals surface area contributed by atoms with Gasteiger partial charge < -0.3 is 23.3 Å². The van der Waals surface area contributed by atoms with Gasteiger partial charge in [-0.1, -0.05) is 12.1 Å². The molecule has 0 spiro atoms. The third-order valence-corrected chi connectivity index (χ3v) is 5.97. The van der Waals surface area contributed by atoms with Gasteiger partial charge >= 0.3 is 0 Å². The van der Waals surface area contributed by atoms with Crippen LogP contribution in [0.3, 0.4) is 0 Å². The number of benzene rings is 1. The van der Waals surface area contributed by atoms with Gasteiger partial charge in [0.15, 0.2) is 17.3 Å². The monoisotopic (exact) mass is 482 g/mol. The first-order chi connectivity index (χ1) is 16.9. The van der Waals surface area contributed by atoms with Crippen LogP contribution in [0.15, 0.2) is 52.0 Å². The molecule has 178 valence electrons. The zero-order valence-electron chi connectivity index (χ0n) is 18.2. The van der Waals surface area contributed by atoms with Crippen LogP contribution in [0.4, 0.5) is 13.2 Å². The van der Waals surface area contributed by atoms with Crippen molar-refractivity contribution in [1.82, 2.24) is 29.4 Å². The quantitative estimate of drug-likeness (QED) is 0.407. The van der Waals surface area contributed by atoms with Crippen molar-refractivity contribution in [1.29, 1.82) is 0 Å². The van der Waals surface area contributed by atoms with Crippen LogP contribution in [0.2, 0.25) is 0 Å². The minimum Gasteiger partial charge on any atom is -0.455 e. The second-order valence-corrected chi connectivity index (χ2v) is 8.15. The molecule has 6 rings (SSSR count). The molecule has 35 heavy (non-hydrogen) atoms. The molecule has 12 heteroatoms. The second kappa shape index (κ2) is 7.86. The van der Waals surface area contributed by atoms with Crippen molar-refractivity contribution in [2.24, 2.45) is 7.05 Å². The number of imidazole rings is 2. The summed E-state index contributed by atoms with van der Waals surface area (Å²) >= 11 is 0. The number of halogens is 3. The number of carbonyl (C=O) groups is 1. The van der Waals surface area contributed by atoms with E-state index >= 15 is 4.39 Å². The van der Waals surface area contributed by atoms with Gasteiger partial charge in [-0.15, -0.1) is 0 Å². The van der Waals surface area contributed by atoms with Gasteiger partial charge in [-0.2, -0.15) is 0 Å². The molecule has 0 aliphatic carbocycles. The standard InChI is InChI=1S/C23H17F3N6O3/c1-31-8-13(29-10-31)22-30-17(21(25)26)20(35-22)23(33)32-7-6-12-16(28-9-27-12)18(32)19-15(24)11-4-2-3-5-14(11)34-19/h2-5,8-10,18,21H,6-7H2,1H3,(H,27,28)/t18-/m1/s1. The number of hydrogen-bond donors (Lipinski definition) is 1. The largest absolute Gasteiger partial charge is 0.455 e. The molecule has 1 aliphatic heterocycles. The fourth-order valence-electron chi connectivity index (χ4n) is 4.37. The number of aromatic nitrogens is 5. The molecule has 9 nitrogen and oxygen atoms in total. The van der Waals surface area contributed by atoms with Gasteiger partial charge in [-0.3, -0.25) is 4.79 Å². The Morgan fingerprint density at radius 1 is 1.23 bits per heavy atom. The van der Waals surface area contributed by atoms with Crippen LogP contribution in [0.1, 0.15) is 45.9 Å². The summed E-state index contributed by atoms with van der Waals surface area (Å²) in [5, 5.41) is 0.239. The summed E-state index contributed by atoms with van der Waals surface area (Å²) in [6.07, 6.45) is 1.68. The summed E-state index contributed by atoms with van der Waals surface area (Å²) in [5.41, 5.74) is 0.736. The average Bonchev–Trinajstić information content (AvgIpc) is 3.64. The lowest BCUT2D eigenvalue weighted by molar-refractivity contribution is 0.0622. The average molecular weight is 482 g/mol. The third kappa shape index (κ3) is 3.32. The molecule has 1 N–H and O–H groups in total. The number of hydrogen-bond acceptors (Lipinski definition) is 6. The number of aromatic amines is 1. The summed E-state index contributed by atoms with van der Waals surface area (Å²) < 4.78 is 56.1. The lowest BCUT2D eigenvalue weighted by atomic mass is 9.99. The Bertz CT molecular complexity index is 1570. The number of alkyl halides is 2. The summed E-state index contributed by atoms with van der Waals surface area (Å²) in [5.74, 6) is -2.53. The van der Waals surface area contributed by atoms with Crippen molar-refractivity contribution in [3.63, 3.8) is 0 Å². The van der Waals surface area contributed by atoms with Gasteiger partial charge in [0.25, 0.3) is 12.3 Å². The van der Waals surface area contributed by atoms with Crippen LogP contribution >= 0.6 is 0 Å². The van der Waals surface area contributed by atoms with Crippen LogP contribution in [0, 0.1) is 5.82 Å². The van der Waals surface area contributed by atoms with Crippen LogP contribution in [-0.4, -0.2) is 41.9 Å². The summed E-state index contributed by atoms with van der Waals surface area (Å²) in [7, 11) is 1.70. The maximum Gasteiger partial charge on any atom is 0.292 e. The molecular formula is C23H17F3N6O3. The molecule has 0 bridgehead atoms. The molecule has 1 amide bonds. The van der Waals surface area contributed by atoms with E-state index in [-0.39, 0.29) is 29.3 Å². The number of para-hydroxylation sites is 1. The Morgan fingerprint density at radius 2 is 2.06 bits per heavy atom. The van der Waals surface area contributed by atoms with E-state index in [1.165, 1.54) is 23.8 Å². The Balaban J connectivity index is 1.48. The highest BCUT2D eigenvalue weighted by Crippen LogP contribution is 2.40. The fourth-order valence-corrected chi connectivity index (χ4v) is 4.37. The van der Waals surface area contributed by atoms with Crippen molar-refractivity contribution in [2.45, 2.75) is 18.9 Å². The highest BCUT2D eigenvalue weighted by molar-refractivity contribution is 5.94. The molecular weight excluding hydrogens is 465 g/mol. The van der Waals surface area contributed by atoms with E-state index in [1.54, 1.807) is 35.9 Å². The first-order valence-electron chi connectivity index (χ1n) is 10.7. The molecule has 0 saturated heterocycles. The smallest absolute Gasteiger partial charge is 0.292 e. The first-order valence-corrected chi connectivity index (χ1v) is 10.7. The second-order valence-electron chi connectivity index (χ2n) is 8.15. The van der Waals surface area contributed by atoms with E-state index in [0.29, 0.717) is 23.4 Å². The number of amides is 1. The number of furan rings is 1. The van der Waals surface area contributed by atoms with Gasteiger partial charge in [0, 0.05) is 31.9 Å². The highest BCUT2D eigenvalue weighted by atomic mass is 19.3. The van der Waals surface area contributed by atoms with E-state index in [4.69, 9.17) is 8.83 Å². The number of nitrogens with one attached hydrogen (secondary N) is 1. The van der Waals surface area contributed by atoms with E-state index in [0.717, 1.165) is 0 Å². The first kappa shape index (κ1) is 21.2. The summed E-state index contributed by atoms with van der Waals surface area (Å²) in [6, 6.07) is 5.42. The third-order valence-electron chi connectivity index (χ3n) is 5.97. The predicted molar refractivity (Wildman–Crippen MR) is 115 cm³/mol. The van der Waals surface area contributed by atoms with Crippen LogP contribution in [0.5, 0.6) is 0 Å². The lowest BCUT2D eigenvalue weighted by Crippen LogP contribution is -2.41. The zero-order chi connectivity index (χ0) is 24.3. The van der Waals surface area contributed by atoms with Gasteiger partial charge in [0.1, 0.15) is 17.3 Å². The van der Waals surface area contributed by atoms with E-state index < -0.39 is 35.6 Å². The van der Waals surface area contributed by atoms with E-state index in [1.807, 2.05) is 0 Å². The number of oxazole rings is 1. The molecule has 4 aromatic heterocycles. The van der Waals surface area contributed by atoms with Crippen molar-refractivity contribution in [3.05, 3.63) is 77.5 Å². The van der Waals surface area contributed by atoms with Crippen LogP contribution in [0.25, 0.3) is 22.6 Å². The predicted octanol–water partition coefficient (Wildman–Crippen LogP) is 4.41. The zero-order valence-corrected chi connectivity index (χ0v) is 18.2. The van der Waals surface area contributed by atoms with E-state index in [9.17, 15) is 13.6 Å². The minimum atomic E-state index is -3.08. The van der Waals surface area contributed by atoms with Gasteiger partial charge in [-0.05, 0) is 12.1 Å². The van der Waals surface area contributed by atoms with Gasteiger partial charge in [0.05, 0.1) is 23.7 Å². The molecule has 5 heterocycles. The number of fused-ring (bicyclic) bond motifs is 2. The van der Waals surface area contributed by atoms with Crippen molar-refractivity contribution in [2.75, 3.05) is 6.54 Å². The van der Waals surface area contributed by atoms with Crippen LogP contribution < -0.4 is 0 Å².